The molecule has 2 aromatic rings. The maximum Gasteiger partial charge on any atom is 0.331 e. The number of rotatable bonds is 7. The maximum absolute atomic E-state index is 12.9. The summed E-state index contributed by atoms with van der Waals surface area (Å²) in [5.74, 6) is -0.170. The second kappa shape index (κ2) is 9.23. The van der Waals surface area contributed by atoms with Crippen molar-refractivity contribution in [3.05, 3.63) is 59.4 Å². The fourth-order valence-corrected chi connectivity index (χ4v) is 2.94. The van der Waals surface area contributed by atoms with Gasteiger partial charge in [-0.05, 0) is 56.3 Å². The Bertz CT molecular complexity index is 924. The number of amides is 1. The Labute approximate surface area is 168 Å². The highest BCUT2D eigenvalue weighted by Crippen LogP contribution is 2.35. The molecule has 0 saturated heterocycles. The average molecular weight is 399 g/mol. The van der Waals surface area contributed by atoms with Gasteiger partial charge in [-0.15, -0.1) is 0 Å². The number of anilines is 1. The normalized spacial score (nSPS) is 14.9. The van der Waals surface area contributed by atoms with E-state index in [1.165, 1.54) is 30.3 Å². The molecule has 0 aromatic heterocycles. The Morgan fingerprint density at radius 2 is 2.03 bits per heavy atom. The topological polar surface area (TPSA) is 73.9 Å². The van der Waals surface area contributed by atoms with Gasteiger partial charge in [0, 0.05) is 29.3 Å². The number of esters is 1. The van der Waals surface area contributed by atoms with E-state index in [9.17, 15) is 14.0 Å². The summed E-state index contributed by atoms with van der Waals surface area (Å²) in [4.78, 5) is 23.8. The zero-order chi connectivity index (χ0) is 20.8. The molecule has 152 valence electrons. The van der Waals surface area contributed by atoms with E-state index in [1.54, 1.807) is 6.08 Å². The van der Waals surface area contributed by atoms with Crippen LogP contribution in [0.3, 0.4) is 0 Å². The molecule has 1 aliphatic heterocycles. The minimum absolute atomic E-state index is 0.100. The second-order valence-corrected chi connectivity index (χ2v) is 6.56. The fourth-order valence-electron chi connectivity index (χ4n) is 2.94. The standard InChI is InChI=1S/C22H22FNO5/c1-3-27-19-12-16-10-14(2)29-20(16)11-15(19)4-9-22(26)28-13-21(25)24-18-7-5-17(23)6-8-18/h4-9,11-12,14H,3,10,13H2,1-2H3,(H,24,25)/b9-4+/t14-/m0/s1. The van der Waals surface area contributed by atoms with E-state index >= 15 is 0 Å². The van der Waals surface area contributed by atoms with Gasteiger partial charge in [0.15, 0.2) is 6.61 Å². The molecule has 0 saturated carbocycles. The number of hydrogen-bond acceptors (Lipinski definition) is 5. The molecular formula is C22H22FNO5. The molecule has 1 N–H and O–H groups in total. The molecule has 0 fully saturated rings. The predicted molar refractivity (Wildman–Crippen MR) is 106 cm³/mol. The van der Waals surface area contributed by atoms with Crippen molar-refractivity contribution in [2.75, 3.05) is 18.5 Å². The van der Waals surface area contributed by atoms with E-state index in [0.29, 0.717) is 23.6 Å². The summed E-state index contributed by atoms with van der Waals surface area (Å²) in [6, 6.07) is 9.03. The van der Waals surface area contributed by atoms with Crippen LogP contribution in [0.4, 0.5) is 10.1 Å². The second-order valence-electron chi connectivity index (χ2n) is 6.56. The minimum atomic E-state index is -0.670. The summed E-state index contributed by atoms with van der Waals surface area (Å²) in [6.45, 7) is 3.91. The highest BCUT2D eigenvalue weighted by atomic mass is 19.1. The van der Waals surface area contributed by atoms with Gasteiger partial charge in [0.1, 0.15) is 23.4 Å². The molecule has 0 unspecified atom stereocenters. The van der Waals surface area contributed by atoms with Crippen LogP contribution < -0.4 is 14.8 Å². The van der Waals surface area contributed by atoms with Gasteiger partial charge in [0.25, 0.3) is 5.91 Å². The molecule has 3 rings (SSSR count). The quantitative estimate of drug-likeness (QED) is 0.567. The molecule has 0 bridgehead atoms. The van der Waals surface area contributed by atoms with E-state index in [-0.39, 0.29) is 6.10 Å². The number of carbonyl (C=O) groups is 2. The van der Waals surface area contributed by atoms with Gasteiger partial charge >= 0.3 is 5.97 Å². The molecule has 2 aromatic carbocycles. The van der Waals surface area contributed by atoms with Gasteiger partial charge in [-0.1, -0.05) is 0 Å². The Kier molecular flexibility index (Phi) is 6.49. The Morgan fingerprint density at radius 3 is 2.76 bits per heavy atom. The lowest BCUT2D eigenvalue weighted by Gasteiger charge is -2.10. The van der Waals surface area contributed by atoms with E-state index in [2.05, 4.69) is 5.32 Å². The third kappa shape index (κ3) is 5.57. The van der Waals surface area contributed by atoms with E-state index in [0.717, 1.165) is 17.7 Å². The molecule has 29 heavy (non-hydrogen) atoms. The molecular weight excluding hydrogens is 377 g/mol. The van der Waals surface area contributed by atoms with Gasteiger partial charge in [0.2, 0.25) is 0 Å². The summed E-state index contributed by atoms with van der Waals surface area (Å²) >= 11 is 0. The van der Waals surface area contributed by atoms with Crippen molar-refractivity contribution in [2.24, 2.45) is 0 Å². The molecule has 0 aliphatic carbocycles. The number of nitrogens with one attached hydrogen (secondary N) is 1. The van der Waals surface area contributed by atoms with Gasteiger partial charge in [-0.2, -0.15) is 0 Å². The summed E-state index contributed by atoms with van der Waals surface area (Å²) in [7, 11) is 0. The van der Waals surface area contributed by atoms with Crippen molar-refractivity contribution in [3.8, 4) is 11.5 Å². The molecule has 0 radical (unpaired) electrons. The van der Waals surface area contributed by atoms with Gasteiger partial charge in [-0.25, -0.2) is 9.18 Å². The minimum Gasteiger partial charge on any atom is -0.493 e. The SMILES string of the molecule is CCOc1cc2c(cc1/C=C/C(=O)OCC(=O)Nc1ccc(F)cc1)O[C@@H](C)C2. The Hall–Kier alpha value is -3.35. The van der Waals surface area contributed by atoms with Crippen LogP contribution >= 0.6 is 0 Å². The van der Waals surface area contributed by atoms with Crippen molar-refractivity contribution < 1.29 is 28.2 Å². The Morgan fingerprint density at radius 1 is 1.28 bits per heavy atom. The molecule has 7 heteroatoms. The van der Waals surface area contributed by atoms with Crippen LogP contribution in [0, 0.1) is 5.82 Å². The number of benzene rings is 2. The van der Waals surface area contributed by atoms with Crippen molar-refractivity contribution >= 4 is 23.6 Å². The predicted octanol–water partition coefficient (Wildman–Crippen LogP) is 3.74. The first-order valence-corrected chi connectivity index (χ1v) is 9.31. The molecule has 6 nitrogen and oxygen atoms in total. The first-order chi connectivity index (χ1) is 13.9. The van der Waals surface area contributed by atoms with Gasteiger partial charge in [0.05, 0.1) is 6.61 Å². The van der Waals surface area contributed by atoms with E-state index in [4.69, 9.17) is 14.2 Å². The largest absolute Gasteiger partial charge is 0.493 e. The van der Waals surface area contributed by atoms with Crippen LogP contribution in [-0.2, 0) is 20.7 Å². The van der Waals surface area contributed by atoms with Crippen LogP contribution in [-0.4, -0.2) is 31.2 Å². The van der Waals surface area contributed by atoms with Gasteiger partial charge < -0.3 is 19.5 Å². The zero-order valence-corrected chi connectivity index (χ0v) is 16.2. The number of carbonyl (C=O) groups excluding carboxylic acids is 2. The van der Waals surface area contributed by atoms with Crippen molar-refractivity contribution in [1.29, 1.82) is 0 Å². The number of fused-ring (bicyclic) bond motifs is 1. The number of hydrogen-bond donors (Lipinski definition) is 1. The summed E-state index contributed by atoms with van der Waals surface area (Å²) in [5, 5.41) is 2.51. The first kappa shape index (κ1) is 20.4. The average Bonchev–Trinajstić information content (AvgIpc) is 3.05. The van der Waals surface area contributed by atoms with Crippen molar-refractivity contribution in [2.45, 2.75) is 26.4 Å². The van der Waals surface area contributed by atoms with Gasteiger partial charge in [-0.3, -0.25) is 4.79 Å². The van der Waals surface area contributed by atoms with Crippen LogP contribution in [0.1, 0.15) is 25.0 Å². The van der Waals surface area contributed by atoms with Crippen LogP contribution in [0.2, 0.25) is 0 Å². The monoisotopic (exact) mass is 399 g/mol. The highest BCUT2D eigenvalue weighted by molar-refractivity contribution is 5.94. The lowest BCUT2D eigenvalue weighted by atomic mass is 10.1. The summed E-state index contributed by atoms with van der Waals surface area (Å²) in [5.41, 5.74) is 2.17. The van der Waals surface area contributed by atoms with Crippen molar-refractivity contribution in [1.82, 2.24) is 0 Å². The zero-order valence-electron chi connectivity index (χ0n) is 16.2. The summed E-state index contributed by atoms with van der Waals surface area (Å²) < 4.78 is 29.2. The highest BCUT2D eigenvalue weighted by Gasteiger charge is 2.21. The molecule has 1 aliphatic rings. The van der Waals surface area contributed by atoms with Crippen LogP contribution in [0.15, 0.2) is 42.5 Å². The van der Waals surface area contributed by atoms with E-state index in [1.807, 2.05) is 26.0 Å². The molecule has 1 atom stereocenters. The molecule has 1 heterocycles. The first-order valence-electron chi connectivity index (χ1n) is 9.31. The van der Waals surface area contributed by atoms with Crippen molar-refractivity contribution in [3.63, 3.8) is 0 Å². The fraction of sp³-hybridized carbons (Fsp3) is 0.273. The molecule has 0 spiro atoms. The molecule has 1 amide bonds. The van der Waals surface area contributed by atoms with Crippen LogP contribution in [0.25, 0.3) is 6.08 Å². The number of halogens is 1. The van der Waals surface area contributed by atoms with Crippen LogP contribution in [0.5, 0.6) is 11.5 Å². The third-order valence-electron chi connectivity index (χ3n) is 4.20. The maximum atomic E-state index is 12.9. The summed E-state index contributed by atoms with van der Waals surface area (Å²) in [6.07, 6.45) is 3.71. The third-order valence-corrected chi connectivity index (χ3v) is 4.20. The Balaban J connectivity index is 1.58. The lowest BCUT2D eigenvalue weighted by Crippen LogP contribution is -2.20. The van der Waals surface area contributed by atoms with E-state index < -0.39 is 24.3 Å². The smallest absolute Gasteiger partial charge is 0.331 e. The lowest BCUT2D eigenvalue weighted by molar-refractivity contribution is -0.142. The number of ether oxygens (including phenoxy) is 3.